The lowest BCUT2D eigenvalue weighted by molar-refractivity contribution is 1.11. The lowest BCUT2D eigenvalue weighted by atomic mass is 10.3. The van der Waals surface area contributed by atoms with E-state index in [2.05, 4.69) is 25.8 Å². The third-order valence-corrected chi connectivity index (χ3v) is 2.53. The average Bonchev–Trinajstić information content (AvgIpc) is 2.10. The van der Waals surface area contributed by atoms with Gasteiger partial charge in [-0.25, -0.2) is 0 Å². The number of allylic oxidation sites excluding steroid dienone is 4. The molecule has 0 spiro atoms. The molecule has 0 N–H and O–H groups in total. The van der Waals surface area contributed by atoms with Gasteiger partial charge in [-0.2, -0.15) is 0 Å². The van der Waals surface area contributed by atoms with Crippen LogP contribution >= 0.6 is 11.8 Å². The maximum atomic E-state index is 5.20. The second-order valence-electron chi connectivity index (χ2n) is 2.62. The zero-order valence-corrected chi connectivity index (χ0v) is 8.87. The molecule has 0 nitrogen and oxygen atoms in total. The van der Waals surface area contributed by atoms with Crippen molar-refractivity contribution in [1.82, 2.24) is 0 Å². The molecule has 0 saturated heterocycles. The second-order valence-corrected chi connectivity index (χ2v) is 3.96. The Labute approximate surface area is 80.1 Å². The van der Waals surface area contributed by atoms with Gasteiger partial charge in [0.2, 0.25) is 0 Å². The van der Waals surface area contributed by atoms with Crippen molar-refractivity contribution in [2.45, 2.75) is 27.2 Å². The minimum atomic E-state index is 0.978. The van der Waals surface area contributed by atoms with Crippen LogP contribution in [0.25, 0.3) is 0 Å². The van der Waals surface area contributed by atoms with Crippen LogP contribution in [0.5, 0.6) is 0 Å². The van der Waals surface area contributed by atoms with Gasteiger partial charge in [0, 0.05) is 0 Å². The molecule has 0 rings (SSSR count). The fourth-order valence-electron chi connectivity index (χ4n) is 0.602. The SMILES string of the molecule is C#C/C(C)=C\C=C(/C)SCCC. The third kappa shape index (κ3) is 6.12. The van der Waals surface area contributed by atoms with E-state index in [1.54, 1.807) is 0 Å². The second kappa shape index (κ2) is 7.06. The van der Waals surface area contributed by atoms with E-state index in [-0.39, 0.29) is 0 Å². The lowest BCUT2D eigenvalue weighted by Gasteiger charge is -1.96. The van der Waals surface area contributed by atoms with E-state index in [1.165, 1.54) is 17.1 Å². The first-order chi connectivity index (χ1) is 5.70. The topological polar surface area (TPSA) is 0 Å². The monoisotopic (exact) mass is 180 g/mol. The Morgan fingerprint density at radius 3 is 2.58 bits per heavy atom. The predicted molar refractivity (Wildman–Crippen MR) is 59.1 cm³/mol. The minimum Gasteiger partial charge on any atom is -0.131 e. The highest BCUT2D eigenvalue weighted by Gasteiger charge is 1.87. The standard InChI is InChI=1S/C11H16S/c1-5-9-12-11(4)8-7-10(3)6-2/h2,7-8H,5,9H2,1,3-4H3/b10-7-,11-8+. The molecule has 0 aromatic carbocycles. The quantitative estimate of drug-likeness (QED) is 0.470. The molecule has 1 heteroatoms. The maximum absolute atomic E-state index is 5.20. The van der Waals surface area contributed by atoms with Crippen LogP contribution in [0, 0.1) is 12.3 Å². The molecule has 0 saturated carbocycles. The molecule has 0 aromatic heterocycles. The molecular formula is C11H16S. The van der Waals surface area contributed by atoms with E-state index >= 15 is 0 Å². The van der Waals surface area contributed by atoms with E-state index in [0.29, 0.717) is 0 Å². The first-order valence-electron chi connectivity index (χ1n) is 4.15. The van der Waals surface area contributed by atoms with Gasteiger partial charge >= 0.3 is 0 Å². The van der Waals surface area contributed by atoms with Crippen LogP contribution in [0.2, 0.25) is 0 Å². The molecule has 0 radical (unpaired) electrons. The summed E-state index contributed by atoms with van der Waals surface area (Å²) < 4.78 is 0. The molecule has 66 valence electrons. The zero-order valence-electron chi connectivity index (χ0n) is 8.05. The molecule has 0 aliphatic carbocycles. The summed E-state index contributed by atoms with van der Waals surface area (Å²) in [6.07, 6.45) is 10.5. The Bertz CT molecular complexity index is 216. The highest BCUT2D eigenvalue weighted by molar-refractivity contribution is 8.03. The smallest absolute Gasteiger partial charge is 0.00132 e. The van der Waals surface area contributed by atoms with E-state index in [1.807, 2.05) is 24.8 Å². The van der Waals surface area contributed by atoms with Gasteiger partial charge in [0.1, 0.15) is 0 Å². The summed E-state index contributed by atoms with van der Waals surface area (Å²) in [6, 6.07) is 0. The van der Waals surface area contributed by atoms with Crippen molar-refractivity contribution in [3.05, 3.63) is 22.6 Å². The van der Waals surface area contributed by atoms with Crippen molar-refractivity contribution in [3.8, 4) is 12.3 Å². The Hall–Kier alpha value is -0.610. The summed E-state index contributed by atoms with van der Waals surface area (Å²) in [7, 11) is 0. The average molecular weight is 180 g/mol. The number of thioether (sulfide) groups is 1. The highest BCUT2D eigenvalue weighted by Crippen LogP contribution is 2.15. The molecular weight excluding hydrogens is 164 g/mol. The van der Waals surface area contributed by atoms with Crippen molar-refractivity contribution >= 4 is 11.8 Å². The van der Waals surface area contributed by atoms with Gasteiger partial charge in [-0.05, 0) is 36.5 Å². The number of hydrogen-bond donors (Lipinski definition) is 0. The molecule has 0 aromatic rings. The number of terminal acetylenes is 1. The summed E-state index contributed by atoms with van der Waals surface area (Å²) >= 11 is 1.88. The van der Waals surface area contributed by atoms with Crippen molar-refractivity contribution in [2.75, 3.05) is 5.75 Å². The Morgan fingerprint density at radius 2 is 2.08 bits per heavy atom. The largest absolute Gasteiger partial charge is 0.131 e. The van der Waals surface area contributed by atoms with Crippen molar-refractivity contribution in [1.29, 1.82) is 0 Å². The number of rotatable bonds is 4. The van der Waals surface area contributed by atoms with Gasteiger partial charge in [-0.15, -0.1) is 18.2 Å². The molecule has 0 bridgehead atoms. The van der Waals surface area contributed by atoms with Crippen LogP contribution in [0.15, 0.2) is 22.6 Å². The molecule has 0 aliphatic rings. The van der Waals surface area contributed by atoms with Gasteiger partial charge in [-0.3, -0.25) is 0 Å². The van der Waals surface area contributed by atoms with Gasteiger partial charge < -0.3 is 0 Å². The molecule has 0 heterocycles. The van der Waals surface area contributed by atoms with E-state index < -0.39 is 0 Å². The van der Waals surface area contributed by atoms with Crippen molar-refractivity contribution in [2.24, 2.45) is 0 Å². The van der Waals surface area contributed by atoms with Crippen LogP contribution < -0.4 is 0 Å². The van der Waals surface area contributed by atoms with E-state index in [4.69, 9.17) is 6.42 Å². The normalized spacial score (nSPS) is 12.8. The van der Waals surface area contributed by atoms with Crippen LogP contribution in [-0.4, -0.2) is 5.75 Å². The lowest BCUT2D eigenvalue weighted by Crippen LogP contribution is -1.74. The Kier molecular flexibility index (Phi) is 6.70. The number of hydrogen-bond acceptors (Lipinski definition) is 1. The fourth-order valence-corrected chi connectivity index (χ4v) is 1.29. The predicted octanol–water partition coefficient (Wildman–Crippen LogP) is 3.61. The minimum absolute atomic E-state index is 0.978. The summed E-state index contributed by atoms with van der Waals surface area (Å²) in [5.41, 5.74) is 0.978. The van der Waals surface area contributed by atoms with Gasteiger partial charge in [0.25, 0.3) is 0 Å². The Morgan fingerprint density at radius 1 is 1.42 bits per heavy atom. The molecule has 0 unspecified atom stereocenters. The first-order valence-corrected chi connectivity index (χ1v) is 5.13. The van der Waals surface area contributed by atoms with Crippen LogP contribution in [-0.2, 0) is 0 Å². The zero-order chi connectivity index (χ0) is 9.40. The summed E-state index contributed by atoms with van der Waals surface area (Å²) in [4.78, 5) is 1.33. The highest BCUT2D eigenvalue weighted by atomic mass is 32.2. The molecule has 0 fully saturated rings. The van der Waals surface area contributed by atoms with Gasteiger partial charge in [0.05, 0.1) is 0 Å². The van der Waals surface area contributed by atoms with E-state index in [0.717, 1.165) is 5.57 Å². The van der Waals surface area contributed by atoms with Crippen LogP contribution in [0.3, 0.4) is 0 Å². The van der Waals surface area contributed by atoms with Crippen LogP contribution in [0.4, 0.5) is 0 Å². The Balaban J connectivity index is 3.93. The van der Waals surface area contributed by atoms with Crippen molar-refractivity contribution in [3.63, 3.8) is 0 Å². The molecule has 12 heavy (non-hydrogen) atoms. The fraction of sp³-hybridized carbons (Fsp3) is 0.455. The van der Waals surface area contributed by atoms with Crippen LogP contribution in [0.1, 0.15) is 27.2 Å². The van der Waals surface area contributed by atoms with Gasteiger partial charge in [-0.1, -0.05) is 25.0 Å². The molecule has 0 aliphatic heterocycles. The third-order valence-electron chi connectivity index (χ3n) is 1.33. The summed E-state index contributed by atoms with van der Waals surface area (Å²) in [6.45, 7) is 6.23. The summed E-state index contributed by atoms with van der Waals surface area (Å²) in [5.74, 6) is 3.77. The molecule has 0 atom stereocenters. The maximum Gasteiger partial charge on any atom is -0.00132 e. The summed E-state index contributed by atoms with van der Waals surface area (Å²) in [5, 5.41) is 0. The van der Waals surface area contributed by atoms with Crippen molar-refractivity contribution < 1.29 is 0 Å². The first kappa shape index (κ1) is 11.4. The molecule has 0 amide bonds. The van der Waals surface area contributed by atoms with E-state index in [9.17, 15) is 0 Å². The van der Waals surface area contributed by atoms with Gasteiger partial charge in [0.15, 0.2) is 0 Å².